The van der Waals surface area contributed by atoms with Gasteiger partial charge in [0.05, 0.1) is 0 Å². The normalized spacial score (nSPS) is 14.3. The minimum atomic E-state index is -0.456. The Morgan fingerprint density at radius 3 is 2.25 bits per heavy atom. The van der Waals surface area contributed by atoms with Gasteiger partial charge in [-0.1, -0.05) is 20.4 Å². The molecule has 0 unspecified atom stereocenters. The molecular formula is C18H39N3O3. The van der Waals surface area contributed by atoms with Crippen LogP contribution in [0, 0.1) is 0 Å². The zero-order chi connectivity index (χ0) is 19.2. The lowest BCUT2D eigenvalue weighted by atomic mass is 10.1. The van der Waals surface area contributed by atoms with E-state index in [9.17, 15) is 4.79 Å². The van der Waals surface area contributed by atoms with Crippen molar-refractivity contribution in [2.75, 3.05) is 33.9 Å². The summed E-state index contributed by atoms with van der Waals surface area (Å²) < 4.78 is 10.6. The van der Waals surface area contributed by atoms with Gasteiger partial charge in [-0.05, 0) is 40.7 Å². The van der Waals surface area contributed by atoms with Gasteiger partial charge in [-0.2, -0.15) is 0 Å². The predicted octanol–water partition coefficient (Wildman–Crippen LogP) is 3.13. The van der Waals surface area contributed by atoms with Crippen LogP contribution in [0.2, 0.25) is 0 Å². The van der Waals surface area contributed by atoms with Crippen molar-refractivity contribution in [3.63, 3.8) is 0 Å². The monoisotopic (exact) mass is 345 g/mol. The molecule has 3 N–H and O–H groups in total. The van der Waals surface area contributed by atoms with Crippen LogP contribution in [-0.2, 0) is 9.47 Å². The number of nitrogens with zero attached hydrogens (tertiary/aromatic N) is 1. The Kier molecular flexibility index (Phi) is 14.7. The van der Waals surface area contributed by atoms with E-state index >= 15 is 0 Å². The molecule has 1 rings (SSSR count). The molecule has 0 radical (unpaired) electrons. The van der Waals surface area contributed by atoms with Gasteiger partial charge in [0.25, 0.3) is 0 Å². The van der Waals surface area contributed by atoms with E-state index in [1.54, 1.807) is 11.9 Å². The second-order valence-corrected chi connectivity index (χ2v) is 6.29. The Morgan fingerprint density at radius 2 is 1.79 bits per heavy atom. The molecule has 1 amide bonds. The molecule has 1 aliphatic heterocycles. The average molecular weight is 346 g/mol. The highest BCUT2D eigenvalue weighted by Crippen LogP contribution is 2.11. The van der Waals surface area contributed by atoms with Crippen LogP contribution in [0.1, 0.15) is 53.9 Å². The van der Waals surface area contributed by atoms with Crippen LogP contribution < -0.4 is 11.1 Å². The Hall–Kier alpha value is -1.27. The first-order chi connectivity index (χ1) is 11.3. The lowest BCUT2D eigenvalue weighted by Crippen LogP contribution is -2.37. The molecule has 6 nitrogen and oxygen atoms in total. The molecule has 0 bridgehead atoms. The molecule has 1 aliphatic rings. The molecule has 6 heteroatoms. The summed E-state index contributed by atoms with van der Waals surface area (Å²) in [7, 11) is 3.25. The van der Waals surface area contributed by atoms with Crippen molar-refractivity contribution in [3.8, 4) is 0 Å². The Bertz CT molecular complexity index is 335. The van der Waals surface area contributed by atoms with Gasteiger partial charge in [-0.15, -0.1) is 0 Å². The Labute approximate surface area is 148 Å². The van der Waals surface area contributed by atoms with Crippen molar-refractivity contribution in [1.82, 2.24) is 10.2 Å². The van der Waals surface area contributed by atoms with E-state index in [0.717, 1.165) is 38.2 Å². The molecule has 0 atom stereocenters. The molecule has 1 saturated heterocycles. The van der Waals surface area contributed by atoms with Crippen molar-refractivity contribution >= 4 is 6.09 Å². The summed E-state index contributed by atoms with van der Waals surface area (Å²) in [4.78, 5) is 13.4. The van der Waals surface area contributed by atoms with Crippen molar-refractivity contribution in [3.05, 3.63) is 12.3 Å². The summed E-state index contributed by atoms with van der Waals surface area (Å²) in [5.41, 5.74) is 5.01. The van der Waals surface area contributed by atoms with Crippen LogP contribution in [0.25, 0.3) is 0 Å². The first kappa shape index (κ1) is 25.0. The molecule has 1 fully saturated rings. The van der Waals surface area contributed by atoms with Gasteiger partial charge in [-0.3, -0.25) is 0 Å². The molecule has 0 saturated carbocycles. The third-order valence-electron chi connectivity index (χ3n) is 3.08. The number of nitrogens with two attached hydrogens (primary N) is 1. The maximum absolute atomic E-state index is 11.8. The molecule has 144 valence electrons. The second kappa shape index (κ2) is 14.1. The number of hydrogen-bond donors (Lipinski definition) is 2. The van der Waals surface area contributed by atoms with Gasteiger partial charge in [-0.25, -0.2) is 4.79 Å². The smallest absolute Gasteiger partial charge is 0.410 e. The molecule has 1 heterocycles. The largest absolute Gasteiger partial charge is 0.444 e. The minimum Gasteiger partial charge on any atom is -0.444 e. The van der Waals surface area contributed by atoms with Crippen molar-refractivity contribution in [1.29, 1.82) is 0 Å². The molecule has 0 aromatic carbocycles. The maximum Gasteiger partial charge on any atom is 0.410 e. The van der Waals surface area contributed by atoms with Gasteiger partial charge >= 0.3 is 6.09 Å². The Balaban J connectivity index is 0. The molecule has 0 aliphatic carbocycles. The first-order valence-corrected chi connectivity index (χ1v) is 8.82. The third kappa shape index (κ3) is 13.2. The number of hydrogen-bond acceptors (Lipinski definition) is 5. The summed E-state index contributed by atoms with van der Waals surface area (Å²) in [5.74, 6) is 0. The predicted molar refractivity (Wildman–Crippen MR) is 101 cm³/mol. The quantitative estimate of drug-likeness (QED) is 0.800. The van der Waals surface area contributed by atoms with E-state index in [1.165, 1.54) is 7.05 Å². The molecule has 24 heavy (non-hydrogen) atoms. The van der Waals surface area contributed by atoms with Crippen molar-refractivity contribution in [2.24, 2.45) is 5.73 Å². The lowest BCUT2D eigenvalue weighted by molar-refractivity contribution is 0.0300. The second-order valence-electron chi connectivity index (χ2n) is 6.29. The zero-order valence-electron chi connectivity index (χ0n) is 16.8. The van der Waals surface area contributed by atoms with E-state index in [2.05, 4.69) is 17.6 Å². The van der Waals surface area contributed by atoms with E-state index in [-0.39, 0.29) is 6.09 Å². The van der Waals surface area contributed by atoms with Gasteiger partial charge < -0.3 is 25.4 Å². The lowest BCUT2D eigenvalue weighted by Gasteiger charge is -2.27. The summed E-state index contributed by atoms with van der Waals surface area (Å²) >= 11 is 0. The van der Waals surface area contributed by atoms with Gasteiger partial charge in [0.15, 0.2) is 0 Å². The fraction of sp³-hybridized carbons (Fsp3) is 0.833. The molecule has 0 aromatic heterocycles. The van der Waals surface area contributed by atoms with Crippen LogP contribution >= 0.6 is 0 Å². The maximum atomic E-state index is 11.8. The van der Waals surface area contributed by atoms with Crippen LogP contribution in [0.5, 0.6) is 0 Å². The molecule has 0 spiro atoms. The minimum absolute atomic E-state index is 0.295. The summed E-state index contributed by atoms with van der Waals surface area (Å²) in [6.45, 7) is 15.8. The summed E-state index contributed by atoms with van der Waals surface area (Å²) in [6, 6.07) is 0.447. The third-order valence-corrected chi connectivity index (χ3v) is 3.08. The topological polar surface area (TPSA) is 76.8 Å². The Morgan fingerprint density at radius 1 is 1.29 bits per heavy atom. The van der Waals surface area contributed by atoms with Crippen LogP contribution in [0.3, 0.4) is 0 Å². The van der Waals surface area contributed by atoms with Crippen LogP contribution in [0.4, 0.5) is 4.79 Å². The number of amides is 1. The van der Waals surface area contributed by atoms with Crippen molar-refractivity contribution < 1.29 is 14.3 Å². The highest BCUT2D eigenvalue weighted by atomic mass is 16.6. The van der Waals surface area contributed by atoms with E-state index in [1.807, 2.05) is 34.6 Å². The van der Waals surface area contributed by atoms with Crippen LogP contribution in [0.15, 0.2) is 12.3 Å². The SMILES string of the molecule is C=C(CCN(C)C(=O)OC(C)(C)C)NC1CCOCC1.CC.CN. The van der Waals surface area contributed by atoms with Crippen LogP contribution in [-0.4, -0.2) is 56.5 Å². The molecular weight excluding hydrogens is 306 g/mol. The first-order valence-electron chi connectivity index (χ1n) is 8.82. The zero-order valence-corrected chi connectivity index (χ0v) is 16.8. The van der Waals surface area contributed by atoms with Crippen molar-refractivity contribution in [2.45, 2.75) is 65.5 Å². The van der Waals surface area contributed by atoms with E-state index in [0.29, 0.717) is 12.6 Å². The number of nitrogens with one attached hydrogen (secondary N) is 1. The van der Waals surface area contributed by atoms with E-state index < -0.39 is 5.60 Å². The highest BCUT2D eigenvalue weighted by Gasteiger charge is 2.20. The van der Waals surface area contributed by atoms with Gasteiger partial charge in [0.1, 0.15) is 5.60 Å². The fourth-order valence-corrected chi connectivity index (χ4v) is 1.94. The standard InChI is InChI=1S/C15H28N2O3.C2H6.CH5N/c1-12(16-13-7-10-19-11-8-13)6-9-17(5)14(18)20-15(2,3)4;2*1-2/h13,16H,1,6-11H2,2-5H3;1-2H3;2H2,1H3. The number of carbonyl (C=O) groups excluding carboxylic acids is 1. The summed E-state index contributed by atoms with van der Waals surface area (Å²) in [6.07, 6.45) is 2.46. The summed E-state index contributed by atoms with van der Waals surface area (Å²) in [5, 5.41) is 3.41. The average Bonchev–Trinajstić information content (AvgIpc) is 2.55. The van der Waals surface area contributed by atoms with Gasteiger partial charge in [0.2, 0.25) is 0 Å². The number of ether oxygens (including phenoxy) is 2. The number of rotatable bonds is 5. The fourth-order valence-electron chi connectivity index (χ4n) is 1.94. The number of carbonyl (C=O) groups is 1. The van der Waals surface area contributed by atoms with Gasteiger partial charge in [0, 0.05) is 45.0 Å². The highest BCUT2D eigenvalue weighted by molar-refractivity contribution is 5.67. The molecule has 0 aromatic rings. The van der Waals surface area contributed by atoms with E-state index in [4.69, 9.17) is 9.47 Å².